The third-order valence-electron chi connectivity index (χ3n) is 2.36. The van der Waals surface area contributed by atoms with Crippen LogP contribution < -0.4 is 10.9 Å². The van der Waals surface area contributed by atoms with Gasteiger partial charge < -0.3 is 9.88 Å². The van der Waals surface area contributed by atoms with Crippen molar-refractivity contribution in [2.24, 2.45) is 0 Å². The first-order valence-corrected chi connectivity index (χ1v) is 7.25. The van der Waals surface area contributed by atoms with Crippen molar-refractivity contribution in [1.82, 2.24) is 14.9 Å². The van der Waals surface area contributed by atoms with Crippen LogP contribution in [-0.2, 0) is 17.9 Å². The van der Waals surface area contributed by atoms with Gasteiger partial charge in [-0.1, -0.05) is 0 Å². The third-order valence-corrected chi connectivity index (χ3v) is 3.80. The largest absolute Gasteiger partial charge is 0.348 e. The maximum Gasteiger partial charge on any atom is 0.251 e. The van der Waals surface area contributed by atoms with Gasteiger partial charge in [-0.3, -0.25) is 9.59 Å². The number of hydrogen-bond donors (Lipinski definition) is 1. The van der Waals surface area contributed by atoms with E-state index in [9.17, 15) is 9.59 Å². The van der Waals surface area contributed by atoms with E-state index < -0.39 is 0 Å². The van der Waals surface area contributed by atoms with Gasteiger partial charge in [0.1, 0.15) is 11.6 Å². The highest BCUT2D eigenvalue weighted by atomic mass is 79.9. The number of aryl methyl sites for hydroxylation is 1. The summed E-state index contributed by atoms with van der Waals surface area (Å²) in [5, 5.41) is 5.53. The number of rotatable bonds is 4. The molecular weight excluding hydrogens is 330 g/mol. The second kappa shape index (κ2) is 6.12. The smallest absolute Gasteiger partial charge is 0.251 e. The Morgan fingerprint density at radius 2 is 2.32 bits per heavy atom. The molecule has 0 unspecified atom stereocenters. The summed E-state index contributed by atoms with van der Waals surface area (Å²) in [6.07, 6.45) is 1.59. The fourth-order valence-electron chi connectivity index (χ4n) is 1.49. The van der Waals surface area contributed by atoms with Crippen LogP contribution in [-0.4, -0.2) is 15.5 Å². The number of pyridine rings is 1. The molecule has 7 heteroatoms. The Kier molecular flexibility index (Phi) is 4.49. The molecule has 5 nitrogen and oxygen atoms in total. The third kappa shape index (κ3) is 4.00. The fourth-order valence-corrected chi connectivity index (χ4v) is 2.59. The van der Waals surface area contributed by atoms with Gasteiger partial charge in [0.2, 0.25) is 5.91 Å². The summed E-state index contributed by atoms with van der Waals surface area (Å²) in [5.41, 5.74) is 0.737. The number of hydrogen-bond acceptors (Lipinski definition) is 4. The lowest BCUT2D eigenvalue weighted by Crippen LogP contribution is -2.31. The van der Waals surface area contributed by atoms with Crippen molar-refractivity contribution >= 4 is 33.2 Å². The topological polar surface area (TPSA) is 64.0 Å². The maximum atomic E-state index is 11.7. The molecule has 2 rings (SSSR count). The zero-order valence-corrected chi connectivity index (χ0v) is 12.6. The zero-order valence-electron chi connectivity index (χ0n) is 10.2. The Labute approximate surface area is 122 Å². The fraction of sp³-hybridized carbons (Fsp3) is 0.250. The molecule has 0 aliphatic rings. The Morgan fingerprint density at radius 3 is 3.00 bits per heavy atom. The molecule has 0 aliphatic carbocycles. The average molecular weight is 342 g/mol. The van der Waals surface area contributed by atoms with E-state index in [1.165, 1.54) is 22.0 Å². The summed E-state index contributed by atoms with van der Waals surface area (Å²) in [5.74, 6) is -0.215. The van der Waals surface area contributed by atoms with Gasteiger partial charge >= 0.3 is 0 Å². The van der Waals surface area contributed by atoms with Crippen LogP contribution in [0.5, 0.6) is 0 Å². The second-order valence-electron chi connectivity index (χ2n) is 3.97. The molecule has 19 heavy (non-hydrogen) atoms. The lowest BCUT2D eigenvalue weighted by Gasteiger charge is -2.06. The van der Waals surface area contributed by atoms with Crippen molar-refractivity contribution in [3.8, 4) is 0 Å². The first kappa shape index (κ1) is 14.0. The van der Waals surface area contributed by atoms with Crippen molar-refractivity contribution < 1.29 is 4.79 Å². The minimum Gasteiger partial charge on any atom is -0.348 e. The van der Waals surface area contributed by atoms with Gasteiger partial charge in [-0.25, -0.2) is 4.98 Å². The van der Waals surface area contributed by atoms with E-state index in [1.807, 2.05) is 12.3 Å². The van der Waals surface area contributed by atoms with Gasteiger partial charge in [0, 0.05) is 27.8 Å². The Bertz CT molecular complexity index is 650. The number of carbonyl (C=O) groups excluding carboxylic acids is 1. The Morgan fingerprint density at radius 1 is 1.53 bits per heavy atom. The summed E-state index contributed by atoms with van der Waals surface area (Å²) in [4.78, 5) is 27.5. The lowest BCUT2D eigenvalue weighted by molar-refractivity contribution is -0.121. The maximum absolute atomic E-state index is 11.7. The van der Waals surface area contributed by atoms with Crippen molar-refractivity contribution in [2.45, 2.75) is 20.0 Å². The summed E-state index contributed by atoms with van der Waals surface area (Å²) in [6.45, 7) is 2.30. The SMILES string of the molecule is Cc1csc(CNC(=O)Cn2cc(Br)ccc2=O)n1. The van der Waals surface area contributed by atoms with E-state index in [0.717, 1.165) is 15.2 Å². The number of halogens is 1. The molecule has 0 aromatic carbocycles. The van der Waals surface area contributed by atoms with Crippen LogP contribution in [0.15, 0.2) is 33.0 Å². The molecule has 0 fully saturated rings. The highest BCUT2D eigenvalue weighted by molar-refractivity contribution is 9.10. The molecule has 0 spiro atoms. The van der Waals surface area contributed by atoms with E-state index in [-0.39, 0.29) is 18.0 Å². The number of nitrogens with one attached hydrogen (secondary N) is 1. The van der Waals surface area contributed by atoms with Crippen LogP contribution in [0.1, 0.15) is 10.7 Å². The molecule has 1 N–H and O–H groups in total. The van der Waals surface area contributed by atoms with E-state index >= 15 is 0 Å². The van der Waals surface area contributed by atoms with E-state index in [2.05, 4.69) is 26.2 Å². The van der Waals surface area contributed by atoms with Gasteiger partial charge in [0.25, 0.3) is 5.56 Å². The highest BCUT2D eigenvalue weighted by Gasteiger charge is 2.06. The van der Waals surface area contributed by atoms with E-state index in [0.29, 0.717) is 6.54 Å². The van der Waals surface area contributed by atoms with Gasteiger partial charge in [-0.2, -0.15) is 0 Å². The number of thiazole rings is 1. The molecule has 1 amide bonds. The molecule has 0 radical (unpaired) electrons. The van der Waals surface area contributed by atoms with Crippen molar-refractivity contribution in [1.29, 1.82) is 0 Å². The number of aromatic nitrogens is 2. The molecule has 2 aromatic heterocycles. The quantitative estimate of drug-likeness (QED) is 0.920. The lowest BCUT2D eigenvalue weighted by atomic mass is 10.4. The molecular formula is C12H12BrN3O2S. The normalized spacial score (nSPS) is 10.4. The molecule has 0 aliphatic heterocycles. The van der Waals surface area contributed by atoms with Crippen LogP contribution in [0.25, 0.3) is 0 Å². The van der Waals surface area contributed by atoms with E-state index in [1.54, 1.807) is 12.3 Å². The van der Waals surface area contributed by atoms with Gasteiger partial charge in [0.05, 0.1) is 6.54 Å². The molecule has 100 valence electrons. The minimum atomic E-state index is -0.215. The molecule has 0 saturated carbocycles. The summed E-state index contributed by atoms with van der Waals surface area (Å²) in [6, 6.07) is 3.07. The van der Waals surface area contributed by atoms with Crippen LogP contribution in [0.2, 0.25) is 0 Å². The summed E-state index contributed by atoms with van der Waals surface area (Å²) in [7, 11) is 0. The number of nitrogens with zero attached hydrogens (tertiary/aromatic N) is 2. The number of carbonyl (C=O) groups is 1. The zero-order chi connectivity index (χ0) is 13.8. The summed E-state index contributed by atoms with van der Waals surface area (Å²) < 4.78 is 2.11. The Hall–Kier alpha value is -1.47. The molecule has 0 saturated heterocycles. The average Bonchev–Trinajstić information content (AvgIpc) is 2.77. The molecule has 0 atom stereocenters. The van der Waals surface area contributed by atoms with Gasteiger partial charge in [-0.05, 0) is 28.9 Å². The van der Waals surface area contributed by atoms with Crippen LogP contribution >= 0.6 is 27.3 Å². The standard InChI is InChI=1S/C12H12BrN3O2S/c1-8-7-19-11(15-8)4-14-10(17)6-16-5-9(13)2-3-12(16)18/h2-3,5,7H,4,6H2,1H3,(H,14,17). The summed E-state index contributed by atoms with van der Waals surface area (Å²) >= 11 is 4.77. The number of amides is 1. The van der Waals surface area contributed by atoms with Crippen LogP contribution in [0.4, 0.5) is 0 Å². The van der Waals surface area contributed by atoms with Crippen LogP contribution in [0.3, 0.4) is 0 Å². The van der Waals surface area contributed by atoms with E-state index in [4.69, 9.17) is 0 Å². The first-order chi connectivity index (χ1) is 9.04. The van der Waals surface area contributed by atoms with Crippen LogP contribution in [0, 0.1) is 6.92 Å². The Balaban J connectivity index is 1.94. The van der Waals surface area contributed by atoms with Gasteiger partial charge in [0.15, 0.2) is 0 Å². The second-order valence-corrected chi connectivity index (χ2v) is 5.83. The minimum absolute atomic E-state index is 0.00261. The van der Waals surface area contributed by atoms with Crippen molar-refractivity contribution in [3.05, 3.63) is 49.2 Å². The van der Waals surface area contributed by atoms with Gasteiger partial charge in [-0.15, -0.1) is 11.3 Å². The molecule has 2 aromatic rings. The first-order valence-electron chi connectivity index (χ1n) is 5.58. The van der Waals surface area contributed by atoms with Crippen molar-refractivity contribution in [3.63, 3.8) is 0 Å². The predicted molar refractivity (Wildman–Crippen MR) is 77.1 cm³/mol. The monoisotopic (exact) mass is 341 g/mol. The predicted octanol–water partition coefficient (Wildman–Crippen LogP) is 1.69. The highest BCUT2D eigenvalue weighted by Crippen LogP contribution is 2.08. The molecule has 0 bridgehead atoms. The van der Waals surface area contributed by atoms with Crippen molar-refractivity contribution in [2.75, 3.05) is 0 Å². The molecule has 2 heterocycles.